The van der Waals surface area contributed by atoms with E-state index in [1.807, 2.05) is 21.0 Å². The highest BCUT2D eigenvalue weighted by Crippen LogP contribution is 2.45. The Morgan fingerprint density at radius 1 is 1.58 bits per heavy atom. The van der Waals surface area contributed by atoms with Crippen LogP contribution in [0, 0.1) is 5.41 Å². The molecule has 0 amide bonds. The monoisotopic (exact) mass is 171 g/mol. The molecule has 0 bridgehead atoms. The summed E-state index contributed by atoms with van der Waals surface area (Å²) < 4.78 is 0. The van der Waals surface area contributed by atoms with Crippen molar-refractivity contribution in [1.82, 2.24) is 4.90 Å². The fourth-order valence-electron chi connectivity index (χ4n) is 1.82. The van der Waals surface area contributed by atoms with Crippen molar-refractivity contribution >= 4 is 5.97 Å². The van der Waals surface area contributed by atoms with E-state index < -0.39 is 11.4 Å². The van der Waals surface area contributed by atoms with E-state index in [1.54, 1.807) is 0 Å². The lowest BCUT2D eigenvalue weighted by Gasteiger charge is -2.46. The minimum atomic E-state index is -0.622. The van der Waals surface area contributed by atoms with Crippen molar-refractivity contribution in [1.29, 1.82) is 0 Å². The number of carboxylic acid groups (broad SMARTS) is 1. The van der Waals surface area contributed by atoms with Gasteiger partial charge in [0.25, 0.3) is 0 Å². The molecule has 12 heavy (non-hydrogen) atoms. The lowest BCUT2D eigenvalue weighted by Crippen LogP contribution is -2.52. The fraction of sp³-hybridized carbons (Fsp3) is 0.889. The van der Waals surface area contributed by atoms with Crippen LogP contribution in [0.2, 0.25) is 0 Å². The number of aliphatic carboxylic acids is 1. The van der Waals surface area contributed by atoms with E-state index >= 15 is 0 Å². The molecule has 0 saturated heterocycles. The van der Waals surface area contributed by atoms with Crippen molar-refractivity contribution in [3.63, 3.8) is 0 Å². The van der Waals surface area contributed by atoms with Crippen LogP contribution in [0.25, 0.3) is 0 Å². The molecule has 1 saturated carbocycles. The highest BCUT2D eigenvalue weighted by molar-refractivity contribution is 5.76. The Labute approximate surface area is 73.4 Å². The summed E-state index contributed by atoms with van der Waals surface area (Å²) in [6.07, 6.45) is 2.38. The van der Waals surface area contributed by atoms with Gasteiger partial charge in [0, 0.05) is 6.04 Å². The van der Waals surface area contributed by atoms with Crippen molar-refractivity contribution in [3.05, 3.63) is 0 Å². The third-order valence-corrected chi connectivity index (χ3v) is 3.11. The van der Waals surface area contributed by atoms with Crippen LogP contribution in [0.15, 0.2) is 0 Å². The van der Waals surface area contributed by atoms with E-state index in [-0.39, 0.29) is 0 Å². The van der Waals surface area contributed by atoms with Gasteiger partial charge in [-0.25, -0.2) is 0 Å². The molecule has 0 aliphatic heterocycles. The van der Waals surface area contributed by atoms with Gasteiger partial charge in [0.1, 0.15) is 0 Å². The van der Waals surface area contributed by atoms with Gasteiger partial charge in [-0.2, -0.15) is 0 Å². The zero-order valence-corrected chi connectivity index (χ0v) is 8.00. The topological polar surface area (TPSA) is 40.5 Å². The number of carboxylic acids is 1. The molecule has 1 aliphatic carbocycles. The van der Waals surface area contributed by atoms with Crippen LogP contribution < -0.4 is 0 Å². The van der Waals surface area contributed by atoms with Gasteiger partial charge < -0.3 is 10.0 Å². The van der Waals surface area contributed by atoms with Crippen LogP contribution in [0.5, 0.6) is 0 Å². The van der Waals surface area contributed by atoms with Gasteiger partial charge in [-0.05, 0) is 33.4 Å². The van der Waals surface area contributed by atoms with Gasteiger partial charge in [0.05, 0.1) is 5.41 Å². The highest BCUT2D eigenvalue weighted by atomic mass is 16.4. The van der Waals surface area contributed by atoms with E-state index in [9.17, 15) is 4.79 Å². The number of rotatable bonds is 3. The molecule has 3 nitrogen and oxygen atoms in total. The summed E-state index contributed by atoms with van der Waals surface area (Å²) in [5, 5.41) is 8.96. The Morgan fingerprint density at radius 2 is 2.08 bits per heavy atom. The minimum Gasteiger partial charge on any atom is -0.481 e. The molecule has 0 atom stereocenters. The summed E-state index contributed by atoms with van der Waals surface area (Å²) in [4.78, 5) is 13.0. The average molecular weight is 171 g/mol. The minimum absolute atomic E-state index is 0.408. The number of hydrogen-bond acceptors (Lipinski definition) is 2. The van der Waals surface area contributed by atoms with Gasteiger partial charge >= 0.3 is 5.97 Å². The molecule has 1 aliphatic rings. The van der Waals surface area contributed by atoms with Crippen LogP contribution in [0.3, 0.4) is 0 Å². The van der Waals surface area contributed by atoms with Gasteiger partial charge in [-0.3, -0.25) is 4.79 Å². The highest BCUT2D eigenvalue weighted by Gasteiger charge is 2.49. The summed E-state index contributed by atoms with van der Waals surface area (Å²) in [6.45, 7) is 1.96. The van der Waals surface area contributed by atoms with Gasteiger partial charge in [-0.1, -0.05) is 6.92 Å². The lowest BCUT2D eigenvalue weighted by atomic mass is 9.63. The second kappa shape index (κ2) is 3.05. The number of hydrogen-bond donors (Lipinski definition) is 1. The van der Waals surface area contributed by atoms with Gasteiger partial charge in [0.2, 0.25) is 0 Å². The molecule has 1 rings (SSSR count). The molecule has 0 aromatic carbocycles. The summed E-state index contributed by atoms with van der Waals surface area (Å²) in [7, 11) is 4.01. The first-order valence-corrected chi connectivity index (χ1v) is 4.41. The Balaban J connectivity index is 2.52. The van der Waals surface area contributed by atoms with Crippen LogP contribution in [0.4, 0.5) is 0 Å². The molecule has 3 heteroatoms. The summed E-state index contributed by atoms with van der Waals surface area (Å²) >= 11 is 0. The van der Waals surface area contributed by atoms with Crippen molar-refractivity contribution in [2.75, 3.05) is 14.1 Å². The molecule has 0 radical (unpaired) electrons. The SMILES string of the molecule is CCC1(C(=O)O)CC(N(C)C)C1. The van der Waals surface area contributed by atoms with Crippen molar-refractivity contribution in [3.8, 4) is 0 Å². The van der Waals surface area contributed by atoms with Crippen molar-refractivity contribution < 1.29 is 9.90 Å². The smallest absolute Gasteiger partial charge is 0.309 e. The standard InChI is InChI=1S/C9H17NO2/c1-4-9(8(11)12)5-7(6-9)10(2)3/h7H,4-6H2,1-3H3,(H,11,12). The predicted molar refractivity (Wildman–Crippen MR) is 47.1 cm³/mol. The normalized spacial score (nSPS) is 34.8. The first-order valence-electron chi connectivity index (χ1n) is 4.41. The molecule has 0 spiro atoms. The summed E-state index contributed by atoms with van der Waals surface area (Å²) in [5.41, 5.74) is -0.408. The van der Waals surface area contributed by atoms with Crippen molar-refractivity contribution in [2.24, 2.45) is 5.41 Å². The van der Waals surface area contributed by atoms with Crippen LogP contribution in [-0.4, -0.2) is 36.1 Å². The average Bonchev–Trinajstić information content (AvgIpc) is 1.84. The Bertz CT molecular complexity index is 183. The first kappa shape index (κ1) is 9.52. The van der Waals surface area contributed by atoms with E-state index in [1.165, 1.54) is 0 Å². The fourth-order valence-corrected chi connectivity index (χ4v) is 1.82. The van der Waals surface area contributed by atoms with Crippen LogP contribution >= 0.6 is 0 Å². The summed E-state index contributed by atoms with van der Waals surface area (Å²) in [6, 6.07) is 0.473. The van der Waals surface area contributed by atoms with Crippen molar-refractivity contribution in [2.45, 2.75) is 32.2 Å². The summed E-state index contributed by atoms with van der Waals surface area (Å²) in [5.74, 6) is -0.622. The quantitative estimate of drug-likeness (QED) is 0.693. The Morgan fingerprint density at radius 3 is 2.33 bits per heavy atom. The zero-order chi connectivity index (χ0) is 9.35. The molecule has 70 valence electrons. The second-order valence-corrected chi connectivity index (χ2v) is 3.96. The number of carbonyl (C=O) groups is 1. The number of nitrogens with zero attached hydrogens (tertiary/aromatic N) is 1. The van der Waals surface area contributed by atoms with E-state index in [0.717, 1.165) is 19.3 Å². The van der Waals surface area contributed by atoms with Gasteiger partial charge in [-0.15, -0.1) is 0 Å². The lowest BCUT2D eigenvalue weighted by molar-refractivity contribution is -0.159. The zero-order valence-electron chi connectivity index (χ0n) is 8.00. The second-order valence-electron chi connectivity index (χ2n) is 3.96. The maximum Gasteiger partial charge on any atom is 0.309 e. The van der Waals surface area contributed by atoms with E-state index in [4.69, 9.17) is 5.11 Å². The third kappa shape index (κ3) is 1.33. The largest absolute Gasteiger partial charge is 0.481 e. The van der Waals surface area contributed by atoms with Crippen LogP contribution in [0.1, 0.15) is 26.2 Å². The van der Waals surface area contributed by atoms with Crippen LogP contribution in [-0.2, 0) is 4.79 Å². The molecule has 0 unspecified atom stereocenters. The predicted octanol–water partition coefficient (Wildman–Crippen LogP) is 1.19. The van der Waals surface area contributed by atoms with E-state index in [0.29, 0.717) is 6.04 Å². The Hall–Kier alpha value is -0.570. The maximum atomic E-state index is 10.9. The molecular formula is C9H17NO2. The molecule has 0 heterocycles. The molecule has 1 N–H and O–H groups in total. The first-order chi connectivity index (χ1) is 5.52. The third-order valence-electron chi connectivity index (χ3n) is 3.11. The molecule has 0 aromatic heterocycles. The molecular weight excluding hydrogens is 154 g/mol. The maximum absolute atomic E-state index is 10.9. The van der Waals surface area contributed by atoms with E-state index in [2.05, 4.69) is 4.90 Å². The molecule has 0 aromatic rings. The Kier molecular flexibility index (Phi) is 2.42. The molecule has 1 fully saturated rings. The van der Waals surface area contributed by atoms with Gasteiger partial charge in [0.15, 0.2) is 0 Å².